The maximum absolute atomic E-state index is 4.76. The van der Waals surface area contributed by atoms with E-state index in [-0.39, 0.29) is 0 Å². The van der Waals surface area contributed by atoms with Crippen LogP contribution in [-0.4, -0.2) is 19.3 Å². The topological polar surface area (TPSA) is 57.4 Å². The Kier molecular flexibility index (Phi) is 2.63. The minimum Gasteiger partial charge on any atom is -0.360 e. The molecule has 23 heavy (non-hydrogen) atoms. The van der Waals surface area contributed by atoms with Crippen molar-refractivity contribution in [3.05, 3.63) is 60.9 Å². The smallest absolute Gasteiger partial charge is 0.175 e. The third-order valence-corrected chi connectivity index (χ3v) is 4.82. The molecule has 0 atom stereocenters. The van der Waals surface area contributed by atoms with Crippen molar-refractivity contribution in [3.8, 4) is 22.0 Å². The van der Waals surface area contributed by atoms with Crippen molar-refractivity contribution in [2.45, 2.75) is 0 Å². The van der Waals surface area contributed by atoms with Gasteiger partial charge in [-0.3, -0.25) is 0 Å². The first-order chi connectivity index (χ1) is 11.4. The zero-order chi connectivity index (χ0) is 15.2. The third kappa shape index (κ3) is 1.90. The van der Waals surface area contributed by atoms with Gasteiger partial charge in [0.05, 0.1) is 0 Å². The van der Waals surface area contributed by atoms with Crippen LogP contribution in [0.5, 0.6) is 0 Å². The standard InChI is InChI=1S/C18H12N4S/c1-3-7-15-11(5-1)13(9-19-15)17-21-18(23-22-17)14-10-20-16-8-4-2-6-12(14)16/h1-10,19-20H. The Bertz CT molecular complexity index is 1040. The van der Waals surface area contributed by atoms with Crippen LogP contribution in [0.2, 0.25) is 0 Å². The zero-order valence-corrected chi connectivity index (χ0v) is 12.9. The molecule has 0 spiro atoms. The van der Waals surface area contributed by atoms with Gasteiger partial charge in [-0.15, -0.1) is 0 Å². The summed E-state index contributed by atoms with van der Waals surface area (Å²) in [5.74, 6) is 0.771. The first kappa shape index (κ1) is 12.6. The molecule has 110 valence electrons. The molecule has 0 amide bonds. The molecule has 2 aromatic carbocycles. The van der Waals surface area contributed by atoms with Crippen molar-refractivity contribution < 1.29 is 0 Å². The molecule has 0 fully saturated rings. The highest BCUT2D eigenvalue weighted by Gasteiger charge is 2.14. The molecule has 0 aliphatic heterocycles. The average molecular weight is 316 g/mol. The van der Waals surface area contributed by atoms with E-state index in [0.717, 1.165) is 38.4 Å². The number of rotatable bonds is 2. The van der Waals surface area contributed by atoms with Crippen LogP contribution >= 0.6 is 11.5 Å². The Hall–Kier alpha value is -2.92. The lowest BCUT2D eigenvalue weighted by atomic mass is 10.1. The maximum Gasteiger partial charge on any atom is 0.175 e. The predicted molar refractivity (Wildman–Crippen MR) is 94.5 cm³/mol. The van der Waals surface area contributed by atoms with Crippen LogP contribution in [0, 0.1) is 0 Å². The Morgan fingerprint density at radius 3 is 2.09 bits per heavy atom. The molecule has 0 radical (unpaired) electrons. The molecule has 5 rings (SSSR count). The fourth-order valence-corrected chi connectivity index (χ4v) is 3.65. The van der Waals surface area contributed by atoms with Crippen molar-refractivity contribution in [2.75, 3.05) is 0 Å². The highest BCUT2D eigenvalue weighted by molar-refractivity contribution is 7.09. The Morgan fingerprint density at radius 2 is 1.35 bits per heavy atom. The first-order valence-electron chi connectivity index (χ1n) is 7.37. The van der Waals surface area contributed by atoms with E-state index in [9.17, 15) is 0 Å². The molecule has 3 heterocycles. The van der Waals surface area contributed by atoms with Gasteiger partial charge in [-0.05, 0) is 23.7 Å². The molecule has 5 aromatic rings. The van der Waals surface area contributed by atoms with E-state index < -0.39 is 0 Å². The Balaban J connectivity index is 1.66. The van der Waals surface area contributed by atoms with E-state index in [0.29, 0.717) is 0 Å². The van der Waals surface area contributed by atoms with E-state index in [2.05, 4.69) is 38.6 Å². The number of aromatic nitrogens is 4. The van der Waals surface area contributed by atoms with E-state index in [1.54, 1.807) is 0 Å². The van der Waals surface area contributed by atoms with Crippen LogP contribution in [0.25, 0.3) is 43.8 Å². The third-order valence-electron chi connectivity index (χ3n) is 4.08. The molecule has 5 heteroatoms. The summed E-state index contributed by atoms with van der Waals surface area (Å²) in [6.45, 7) is 0. The van der Waals surface area contributed by atoms with Crippen LogP contribution in [-0.2, 0) is 0 Å². The zero-order valence-electron chi connectivity index (χ0n) is 12.1. The predicted octanol–water partition coefficient (Wildman–Crippen LogP) is 4.83. The molecular weight excluding hydrogens is 304 g/mol. The number of aromatic amines is 2. The van der Waals surface area contributed by atoms with Gasteiger partial charge in [0.25, 0.3) is 0 Å². The van der Waals surface area contributed by atoms with Crippen molar-refractivity contribution in [3.63, 3.8) is 0 Å². The Morgan fingerprint density at radius 1 is 0.739 bits per heavy atom. The summed E-state index contributed by atoms with van der Waals surface area (Å²) in [4.78, 5) is 11.3. The molecule has 0 aliphatic carbocycles. The summed E-state index contributed by atoms with van der Waals surface area (Å²) < 4.78 is 4.57. The van der Waals surface area contributed by atoms with E-state index >= 15 is 0 Å². The quantitative estimate of drug-likeness (QED) is 0.490. The minimum atomic E-state index is 0.771. The van der Waals surface area contributed by atoms with Gasteiger partial charge in [-0.2, -0.15) is 4.37 Å². The first-order valence-corrected chi connectivity index (χ1v) is 8.14. The van der Waals surface area contributed by atoms with Crippen LogP contribution in [0.15, 0.2) is 60.9 Å². The molecule has 2 N–H and O–H groups in total. The second kappa shape index (κ2) is 4.79. The lowest BCUT2D eigenvalue weighted by Gasteiger charge is -1.93. The van der Waals surface area contributed by atoms with Crippen molar-refractivity contribution in [2.24, 2.45) is 0 Å². The number of fused-ring (bicyclic) bond motifs is 2. The minimum absolute atomic E-state index is 0.771. The van der Waals surface area contributed by atoms with Crippen LogP contribution < -0.4 is 0 Å². The number of hydrogen-bond acceptors (Lipinski definition) is 3. The van der Waals surface area contributed by atoms with Crippen LogP contribution in [0.4, 0.5) is 0 Å². The normalized spacial score (nSPS) is 11.5. The van der Waals surface area contributed by atoms with Gasteiger partial charge in [0.2, 0.25) is 0 Å². The largest absolute Gasteiger partial charge is 0.360 e. The number of nitrogens with zero attached hydrogens (tertiary/aromatic N) is 2. The van der Waals surface area contributed by atoms with Gasteiger partial charge in [0.15, 0.2) is 5.82 Å². The molecule has 4 nitrogen and oxygen atoms in total. The van der Waals surface area contributed by atoms with Gasteiger partial charge < -0.3 is 9.97 Å². The number of hydrogen-bond donors (Lipinski definition) is 2. The summed E-state index contributed by atoms with van der Waals surface area (Å²) in [7, 11) is 0. The monoisotopic (exact) mass is 316 g/mol. The number of para-hydroxylation sites is 2. The summed E-state index contributed by atoms with van der Waals surface area (Å²) >= 11 is 1.43. The fraction of sp³-hybridized carbons (Fsp3) is 0. The van der Waals surface area contributed by atoms with Gasteiger partial charge in [0, 0.05) is 45.3 Å². The lowest BCUT2D eigenvalue weighted by molar-refractivity contribution is 1.33. The van der Waals surface area contributed by atoms with Crippen molar-refractivity contribution in [1.82, 2.24) is 19.3 Å². The molecule has 0 bridgehead atoms. The van der Waals surface area contributed by atoms with E-state index in [1.807, 2.05) is 36.7 Å². The van der Waals surface area contributed by atoms with Crippen molar-refractivity contribution in [1.29, 1.82) is 0 Å². The highest BCUT2D eigenvalue weighted by atomic mass is 32.1. The van der Waals surface area contributed by atoms with Gasteiger partial charge in [-0.1, -0.05) is 36.4 Å². The van der Waals surface area contributed by atoms with Crippen LogP contribution in [0.3, 0.4) is 0 Å². The van der Waals surface area contributed by atoms with Gasteiger partial charge in [-0.25, -0.2) is 4.98 Å². The average Bonchev–Trinajstić information content (AvgIpc) is 3.31. The molecular formula is C18H12N4S. The number of nitrogens with one attached hydrogen (secondary N) is 2. The Labute approximate surface area is 136 Å². The molecule has 3 aromatic heterocycles. The summed E-state index contributed by atoms with van der Waals surface area (Å²) in [6, 6.07) is 16.5. The molecule has 0 saturated carbocycles. The summed E-state index contributed by atoms with van der Waals surface area (Å²) in [5, 5.41) is 3.26. The molecule has 0 aliphatic rings. The number of H-pyrrole nitrogens is 2. The van der Waals surface area contributed by atoms with Crippen molar-refractivity contribution >= 4 is 33.3 Å². The summed E-state index contributed by atoms with van der Waals surface area (Å²) in [5.41, 5.74) is 4.37. The second-order valence-corrected chi connectivity index (χ2v) is 6.17. The van der Waals surface area contributed by atoms with Gasteiger partial charge >= 0.3 is 0 Å². The summed E-state index contributed by atoms with van der Waals surface area (Å²) in [6.07, 6.45) is 3.98. The second-order valence-electron chi connectivity index (χ2n) is 5.42. The van der Waals surface area contributed by atoms with E-state index in [4.69, 9.17) is 4.98 Å². The fourth-order valence-electron chi connectivity index (χ4n) is 2.95. The van der Waals surface area contributed by atoms with Crippen LogP contribution in [0.1, 0.15) is 0 Å². The molecule has 0 saturated heterocycles. The SMILES string of the molecule is c1ccc2c(-c3nsc(-c4c[nH]c5ccccc45)n3)c[nH]c2c1. The maximum atomic E-state index is 4.76. The highest BCUT2D eigenvalue weighted by Crippen LogP contribution is 2.33. The van der Waals surface area contributed by atoms with Gasteiger partial charge in [0.1, 0.15) is 5.01 Å². The molecule has 0 unspecified atom stereocenters. The van der Waals surface area contributed by atoms with E-state index in [1.165, 1.54) is 16.9 Å². The number of benzene rings is 2. The lowest BCUT2D eigenvalue weighted by Crippen LogP contribution is -1.79.